The van der Waals surface area contributed by atoms with Crippen molar-refractivity contribution in [2.45, 2.75) is 13.3 Å². The fourth-order valence-electron chi connectivity index (χ4n) is 1.96. The van der Waals surface area contributed by atoms with Crippen molar-refractivity contribution in [3.05, 3.63) is 11.4 Å². The summed E-state index contributed by atoms with van der Waals surface area (Å²) in [5.41, 5.74) is 6.81. The number of carbonyl (C=O) groups excluding carboxylic acids is 1. The molecule has 1 aromatic rings. The van der Waals surface area contributed by atoms with E-state index in [1.807, 2.05) is 0 Å². The normalized spacial score (nSPS) is 21.9. The third-order valence-electron chi connectivity index (χ3n) is 3.09. The van der Waals surface area contributed by atoms with Crippen molar-refractivity contribution in [2.24, 2.45) is 5.92 Å². The number of nitrogen functional groups attached to an aromatic ring is 1. The number of nitrogens with two attached hydrogens (primary N) is 1. The number of rotatable bonds is 3. The van der Waals surface area contributed by atoms with E-state index in [1.165, 1.54) is 0 Å². The molecule has 1 atom stereocenters. The van der Waals surface area contributed by atoms with Gasteiger partial charge in [-0.2, -0.15) is 5.10 Å². The summed E-state index contributed by atoms with van der Waals surface area (Å²) < 4.78 is 22.5. The lowest BCUT2D eigenvalue weighted by Crippen LogP contribution is -2.30. The maximum Gasteiger partial charge on any atom is 0.273 e. The number of anilines is 1. The molecular formula is C10H16N4O3S. The van der Waals surface area contributed by atoms with E-state index < -0.39 is 9.84 Å². The van der Waals surface area contributed by atoms with Crippen LogP contribution in [0.4, 0.5) is 5.69 Å². The molecule has 1 saturated heterocycles. The van der Waals surface area contributed by atoms with Crippen molar-refractivity contribution < 1.29 is 13.2 Å². The van der Waals surface area contributed by atoms with Crippen molar-refractivity contribution in [2.75, 3.05) is 23.8 Å². The second-order valence-electron chi connectivity index (χ2n) is 4.59. The lowest BCUT2D eigenvalue weighted by Gasteiger charge is -2.08. The lowest BCUT2D eigenvalue weighted by molar-refractivity contribution is 0.0944. The molecule has 1 amide bonds. The van der Waals surface area contributed by atoms with Gasteiger partial charge in [-0.3, -0.25) is 9.89 Å². The molecular weight excluding hydrogens is 256 g/mol. The minimum Gasteiger partial charge on any atom is -0.395 e. The molecule has 0 bridgehead atoms. The number of aromatic nitrogens is 2. The van der Waals surface area contributed by atoms with Crippen molar-refractivity contribution in [3.8, 4) is 0 Å². The number of hydrogen-bond donors (Lipinski definition) is 3. The minimum absolute atomic E-state index is 0.0137. The highest BCUT2D eigenvalue weighted by atomic mass is 32.2. The smallest absolute Gasteiger partial charge is 0.273 e. The third-order valence-corrected chi connectivity index (χ3v) is 4.92. The topological polar surface area (TPSA) is 118 Å². The van der Waals surface area contributed by atoms with Crippen LogP contribution in [0.25, 0.3) is 0 Å². The summed E-state index contributed by atoms with van der Waals surface area (Å²) in [7, 11) is -2.91. The Kier molecular flexibility index (Phi) is 3.29. The summed E-state index contributed by atoms with van der Waals surface area (Å²) in [5, 5.41) is 9.10. The molecule has 100 valence electrons. The number of aromatic amines is 1. The van der Waals surface area contributed by atoms with E-state index in [0.717, 1.165) is 0 Å². The first kappa shape index (κ1) is 12.9. The molecule has 0 radical (unpaired) electrons. The average Bonchev–Trinajstić information content (AvgIpc) is 2.80. The van der Waals surface area contributed by atoms with Crippen LogP contribution in [0, 0.1) is 12.8 Å². The number of aryl methyl sites for hydroxylation is 1. The van der Waals surface area contributed by atoms with Crippen LogP contribution >= 0.6 is 0 Å². The fourth-order valence-corrected chi connectivity index (χ4v) is 3.83. The van der Waals surface area contributed by atoms with Gasteiger partial charge < -0.3 is 11.1 Å². The van der Waals surface area contributed by atoms with Crippen LogP contribution in [0.15, 0.2) is 0 Å². The number of hydrogen-bond acceptors (Lipinski definition) is 5. The Balaban J connectivity index is 1.92. The monoisotopic (exact) mass is 272 g/mol. The Bertz CT molecular complexity index is 564. The summed E-state index contributed by atoms with van der Waals surface area (Å²) in [4.78, 5) is 11.8. The van der Waals surface area contributed by atoms with E-state index in [9.17, 15) is 13.2 Å². The summed E-state index contributed by atoms with van der Waals surface area (Å²) in [6, 6.07) is 0. The van der Waals surface area contributed by atoms with Gasteiger partial charge >= 0.3 is 0 Å². The van der Waals surface area contributed by atoms with E-state index in [2.05, 4.69) is 15.5 Å². The highest BCUT2D eigenvalue weighted by Crippen LogP contribution is 2.18. The Morgan fingerprint density at radius 1 is 1.61 bits per heavy atom. The minimum atomic E-state index is -2.91. The highest BCUT2D eigenvalue weighted by molar-refractivity contribution is 7.91. The zero-order valence-corrected chi connectivity index (χ0v) is 10.9. The van der Waals surface area contributed by atoms with Gasteiger partial charge in [-0.1, -0.05) is 0 Å². The standard InChI is InChI=1S/C10H16N4O3S/c1-6-8(11)9(14-13-6)10(15)12-4-7-2-3-18(16,17)5-7/h7H,2-5,11H2,1H3,(H,12,15)(H,13,14). The number of amides is 1. The number of sulfone groups is 1. The maximum absolute atomic E-state index is 11.8. The van der Waals surface area contributed by atoms with E-state index in [0.29, 0.717) is 24.3 Å². The van der Waals surface area contributed by atoms with Gasteiger partial charge in [0.1, 0.15) is 0 Å². The molecule has 1 fully saturated rings. The molecule has 8 heteroatoms. The van der Waals surface area contributed by atoms with Gasteiger partial charge in [0, 0.05) is 6.54 Å². The first-order valence-corrected chi connectivity index (χ1v) is 7.50. The lowest BCUT2D eigenvalue weighted by atomic mass is 10.1. The van der Waals surface area contributed by atoms with Crippen LogP contribution in [-0.2, 0) is 9.84 Å². The summed E-state index contributed by atoms with van der Waals surface area (Å²) >= 11 is 0. The molecule has 2 heterocycles. The van der Waals surface area contributed by atoms with Gasteiger partial charge in [0.05, 0.1) is 22.9 Å². The summed E-state index contributed by atoms with van der Waals surface area (Å²) in [5.74, 6) is -0.0409. The Hall–Kier alpha value is -1.57. The largest absolute Gasteiger partial charge is 0.395 e. The Labute approximate surface area is 105 Å². The molecule has 1 aliphatic rings. The molecule has 0 saturated carbocycles. The second-order valence-corrected chi connectivity index (χ2v) is 6.82. The average molecular weight is 272 g/mol. The molecule has 1 unspecified atom stereocenters. The second kappa shape index (κ2) is 4.60. The van der Waals surface area contributed by atoms with Gasteiger partial charge in [0.15, 0.2) is 15.5 Å². The first-order valence-electron chi connectivity index (χ1n) is 5.68. The fraction of sp³-hybridized carbons (Fsp3) is 0.600. The molecule has 7 nitrogen and oxygen atoms in total. The third kappa shape index (κ3) is 2.63. The van der Waals surface area contributed by atoms with Crippen LogP contribution in [0.3, 0.4) is 0 Å². The molecule has 0 spiro atoms. The molecule has 4 N–H and O–H groups in total. The number of nitrogens with zero attached hydrogens (tertiary/aromatic N) is 1. The van der Waals surface area contributed by atoms with Crippen molar-refractivity contribution in [1.29, 1.82) is 0 Å². The number of carbonyl (C=O) groups is 1. The van der Waals surface area contributed by atoms with E-state index in [-0.39, 0.29) is 29.0 Å². The van der Waals surface area contributed by atoms with Crippen molar-refractivity contribution in [3.63, 3.8) is 0 Å². The SMILES string of the molecule is Cc1[nH]nc(C(=O)NCC2CCS(=O)(=O)C2)c1N. The van der Waals surface area contributed by atoms with Gasteiger partial charge in [0.25, 0.3) is 5.91 Å². The van der Waals surface area contributed by atoms with Crippen LogP contribution in [-0.4, -0.2) is 42.6 Å². The molecule has 2 rings (SSSR count). The van der Waals surface area contributed by atoms with Crippen LogP contribution < -0.4 is 11.1 Å². The first-order chi connectivity index (χ1) is 8.39. The molecule has 0 aromatic carbocycles. The maximum atomic E-state index is 11.8. The Morgan fingerprint density at radius 3 is 2.83 bits per heavy atom. The number of nitrogens with one attached hydrogen (secondary N) is 2. The van der Waals surface area contributed by atoms with Crippen molar-refractivity contribution in [1.82, 2.24) is 15.5 Å². The van der Waals surface area contributed by atoms with Gasteiger partial charge in [0.2, 0.25) is 0 Å². The number of H-pyrrole nitrogens is 1. The van der Waals surface area contributed by atoms with E-state index >= 15 is 0 Å². The van der Waals surface area contributed by atoms with Crippen LogP contribution in [0.5, 0.6) is 0 Å². The quantitative estimate of drug-likeness (QED) is 0.683. The summed E-state index contributed by atoms with van der Waals surface area (Å²) in [6.45, 7) is 2.06. The summed E-state index contributed by atoms with van der Waals surface area (Å²) in [6.07, 6.45) is 0.595. The van der Waals surface area contributed by atoms with Gasteiger partial charge in [-0.05, 0) is 19.3 Å². The highest BCUT2D eigenvalue weighted by Gasteiger charge is 2.28. The molecule has 0 aliphatic carbocycles. The zero-order valence-electron chi connectivity index (χ0n) is 10.1. The molecule has 1 aromatic heterocycles. The predicted octanol–water partition coefficient (Wildman–Crippen LogP) is -0.535. The van der Waals surface area contributed by atoms with Gasteiger partial charge in [-0.25, -0.2) is 8.42 Å². The Morgan fingerprint density at radius 2 is 2.33 bits per heavy atom. The van der Waals surface area contributed by atoms with Crippen LogP contribution in [0.2, 0.25) is 0 Å². The molecule has 18 heavy (non-hydrogen) atoms. The molecule has 1 aliphatic heterocycles. The van der Waals surface area contributed by atoms with E-state index in [1.54, 1.807) is 6.92 Å². The van der Waals surface area contributed by atoms with Crippen LogP contribution in [0.1, 0.15) is 22.6 Å². The van der Waals surface area contributed by atoms with Crippen molar-refractivity contribution >= 4 is 21.4 Å². The van der Waals surface area contributed by atoms with E-state index in [4.69, 9.17) is 5.73 Å². The van der Waals surface area contributed by atoms with Gasteiger partial charge in [-0.15, -0.1) is 0 Å². The zero-order chi connectivity index (χ0) is 13.3. The predicted molar refractivity (Wildman–Crippen MR) is 66.8 cm³/mol.